The molecule has 2 aromatic carbocycles. The molecule has 35 heavy (non-hydrogen) atoms. The normalized spacial score (nSPS) is 15.5. The van der Waals surface area contributed by atoms with Crippen LogP contribution in [0.25, 0.3) is 0 Å². The number of amides is 1. The lowest BCUT2D eigenvalue weighted by Crippen LogP contribution is -2.49. The van der Waals surface area contributed by atoms with Crippen LogP contribution in [0, 0.1) is 23.0 Å². The van der Waals surface area contributed by atoms with Gasteiger partial charge >= 0.3 is 6.18 Å². The summed E-state index contributed by atoms with van der Waals surface area (Å²) in [5.74, 6) is -3.70. The van der Waals surface area contributed by atoms with Gasteiger partial charge in [0.05, 0.1) is 21.7 Å². The summed E-state index contributed by atoms with van der Waals surface area (Å²) in [6.07, 6.45) is -6.09. The van der Waals surface area contributed by atoms with E-state index in [4.69, 9.17) is 10.00 Å². The average molecular weight is 517 g/mol. The minimum Gasteiger partial charge on any atom is -0.480 e. The van der Waals surface area contributed by atoms with Gasteiger partial charge in [-0.05, 0) is 37.3 Å². The largest absolute Gasteiger partial charge is 0.480 e. The fourth-order valence-electron chi connectivity index (χ4n) is 3.46. The summed E-state index contributed by atoms with van der Waals surface area (Å²) >= 11 is 0. The zero-order valence-corrected chi connectivity index (χ0v) is 19.4. The Kier molecular flexibility index (Phi) is 7.26. The lowest BCUT2D eigenvalue weighted by atomic mass is 10.1. The molecular formula is C22H20F5N3O4S. The maximum absolute atomic E-state index is 14.4. The Labute approximate surface area is 198 Å². The lowest BCUT2D eigenvalue weighted by molar-refractivity contribution is -0.189. The number of piperazine rings is 1. The minimum absolute atomic E-state index is 0.0166. The molecular weight excluding hydrogens is 497 g/mol. The van der Waals surface area contributed by atoms with Crippen molar-refractivity contribution >= 4 is 21.4 Å². The highest BCUT2D eigenvalue weighted by molar-refractivity contribution is 7.90. The summed E-state index contributed by atoms with van der Waals surface area (Å²) in [6, 6.07) is 6.91. The minimum atomic E-state index is -4.72. The van der Waals surface area contributed by atoms with Crippen LogP contribution in [0.5, 0.6) is 5.75 Å². The number of ether oxygens (including phenoxy) is 1. The first-order valence-electron chi connectivity index (χ1n) is 10.2. The van der Waals surface area contributed by atoms with E-state index >= 15 is 0 Å². The van der Waals surface area contributed by atoms with Gasteiger partial charge in [-0.3, -0.25) is 4.79 Å². The van der Waals surface area contributed by atoms with Crippen LogP contribution in [0.1, 0.15) is 22.8 Å². The van der Waals surface area contributed by atoms with Crippen molar-refractivity contribution in [3.8, 4) is 11.8 Å². The summed E-state index contributed by atoms with van der Waals surface area (Å²) in [4.78, 5) is 15.6. The Morgan fingerprint density at radius 2 is 1.71 bits per heavy atom. The second-order valence-corrected chi connectivity index (χ2v) is 9.90. The molecule has 0 bridgehead atoms. The molecule has 1 unspecified atom stereocenters. The van der Waals surface area contributed by atoms with Gasteiger partial charge in [-0.25, -0.2) is 17.2 Å². The quantitative estimate of drug-likeness (QED) is 0.564. The zero-order valence-electron chi connectivity index (χ0n) is 18.6. The van der Waals surface area contributed by atoms with Crippen molar-refractivity contribution in [1.29, 1.82) is 5.26 Å². The van der Waals surface area contributed by atoms with E-state index in [1.807, 2.05) is 0 Å². The standard InChI is InChI=1S/C22H20F5N3O4S/c1-13(22(25,26)27)34-18-6-4-15(35(2,32)33)11-16(18)21(31)30-9-7-29(8-10-30)17-5-3-14(12-28)19(23)20(17)24/h3-6,11,13H,7-10H2,1-2H3. The number of alkyl halides is 3. The predicted octanol–water partition coefficient (Wildman–Crippen LogP) is 3.53. The molecule has 1 heterocycles. The molecule has 7 nitrogen and oxygen atoms in total. The van der Waals surface area contributed by atoms with E-state index in [1.54, 1.807) is 0 Å². The van der Waals surface area contributed by atoms with Crippen LogP contribution in [0.3, 0.4) is 0 Å². The number of benzene rings is 2. The summed E-state index contributed by atoms with van der Waals surface area (Å²) in [5.41, 5.74) is -0.921. The molecule has 1 atom stereocenters. The van der Waals surface area contributed by atoms with E-state index in [0.29, 0.717) is 0 Å². The van der Waals surface area contributed by atoms with Gasteiger partial charge in [0.15, 0.2) is 27.6 Å². The first kappa shape index (κ1) is 26.2. The van der Waals surface area contributed by atoms with Gasteiger partial charge in [-0.2, -0.15) is 18.4 Å². The summed E-state index contributed by atoms with van der Waals surface area (Å²) in [5, 5.41) is 8.81. The molecule has 1 aliphatic heterocycles. The third kappa shape index (κ3) is 5.64. The van der Waals surface area contributed by atoms with E-state index in [1.165, 1.54) is 21.9 Å². The predicted molar refractivity (Wildman–Crippen MR) is 115 cm³/mol. The number of hydrogen-bond acceptors (Lipinski definition) is 6. The Balaban J connectivity index is 1.85. The molecule has 0 spiro atoms. The van der Waals surface area contributed by atoms with Gasteiger partial charge in [0.2, 0.25) is 0 Å². The van der Waals surface area contributed by atoms with Gasteiger partial charge in [0, 0.05) is 32.4 Å². The molecule has 1 saturated heterocycles. The Hall–Kier alpha value is -3.40. The molecule has 13 heteroatoms. The molecule has 0 radical (unpaired) electrons. The van der Waals surface area contributed by atoms with Crippen LogP contribution in [0.4, 0.5) is 27.6 Å². The monoisotopic (exact) mass is 517 g/mol. The highest BCUT2D eigenvalue weighted by Gasteiger charge is 2.39. The van der Waals surface area contributed by atoms with E-state index in [9.17, 15) is 35.2 Å². The average Bonchev–Trinajstić information content (AvgIpc) is 2.79. The van der Waals surface area contributed by atoms with Crippen molar-refractivity contribution in [2.45, 2.75) is 24.1 Å². The molecule has 1 aliphatic rings. The van der Waals surface area contributed by atoms with Gasteiger partial charge < -0.3 is 14.5 Å². The zero-order chi connectivity index (χ0) is 26.1. The van der Waals surface area contributed by atoms with Crippen molar-refractivity contribution in [3.05, 3.63) is 53.1 Å². The van der Waals surface area contributed by atoms with Crippen LogP contribution >= 0.6 is 0 Å². The molecule has 0 N–H and O–H groups in total. The van der Waals surface area contributed by atoms with Crippen LogP contribution in [-0.4, -0.2) is 63.9 Å². The van der Waals surface area contributed by atoms with Crippen molar-refractivity contribution < 1.29 is 39.9 Å². The number of anilines is 1. The number of carbonyl (C=O) groups excluding carboxylic acids is 1. The topological polar surface area (TPSA) is 90.7 Å². The van der Waals surface area contributed by atoms with Crippen molar-refractivity contribution in [2.75, 3.05) is 37.3 Å². The Morgan fingerprint density at radius 1 is 1.09 bits per heavy atom. The second-order valence-electron chi connectivity index (χ2n) is 7.88. The molecule has 1 amide bonds. The van der Waals surface area contributed by atoms with Crippen molar-refractivity contribution in [3.63, 3.8) is 0 Å². The first-order chi connectivity index (χ1) is 16.2. The Morgan fingerprint density at radius 3 is 2.26 bits per heavy atom. The fraction of sp³-hybridized carbons (Fsp3) is 0.364. The van der Waals surface area contributed by atoms with E-state index in [-0.39, 0.29) is 42.3 Å². The number of halogens is 5. The third-order valence-corrected chi connectivity index (χ3v) is 6.57. The molecule has 2 aromatic rings. The van der Waals surface area contributed by atoms with Crippen LogP contribution in [-0.2, 0) is 9.84 Å². The number of hydrogen-bond donors (Lipinski definition) is 0. The van der Waals surface area contributed by atoms with Crippen LogP contribution < -0.4 is 9.64 Å². The number of nitriles is 1. The smallest absolute Gasteiger partial charge is 0.425 e. The number of rotatable bonds is 5. The summed E-state index contributed by atoms with van der Waals surface area (Å²) in [7, 11) is -3.78. The maximum Gasteiger partial charge on any atom is 0.425 e. The molecule has 3 rings (SSSR count). The van der Waals surface area contributed by atoms with E-state index < -0.39 is 51.0 Å². The molecule has 0 aliphatic carbocycles. The van der Waals surface area contributed by atoms with Gasteiger partial charge in [0.1, 0.15) is 11.8 Å². The number of nitrogens with zero attached hydrogens (tertiary/aromatic N) is 3. The number of carbonyl (C=O) groups is 1. The van der Waals surface area contributed by atoms with Gasteiger partial charge in [-0.1, -0.05) is 0 Å². The third-order valence-electron chi connectivity index (χ3n) is 5.46. The van der Waals surface area contributed by atoms with Crippen LogP contribution in [0.2, 0.25) is 0 Å². The maximum atomic E-state index is 14.4. The Bertz CT molecular complexity index is 1280. The van der Waals surface area contributed by atoms with E-state index in [2.05, 4.69) is 0 Å². The SMILES string of the molecule is CC(Oc1ccc(S(C)(=O)=O)cc1C(=O)N1CCN(c2ccc(C#N)c(F)c2F)CC1)C(F)(F)F. The van der Waals surface area contributed by atoms with Crippen molar-refractivity contribution in [1.82, 2.24) is 4.90 Å². The van der Waals surface area contributed by atoms with Gasteiger partial charge in [-0.15, -0.1) is 0 Å². The highest BCUT2D eigenvalue weighted by atomic mass is 32.2. The van der Waals surface area contributed by atoms with E-state index in [0.717, 1.165) is 37.4 Å². The number of sulfone groups is 1. The first-order valence-corrected chi connectivity index (χ1v) is 12.1. The molecule has 1 fully saturated rings. The molecule has 0 aromatic heterocycles. The lowest BCUT2D eigenvalue weighted by Gasteiger charge is -2.36. The molecule has 188 valence electrons. The van der Waals surface area contributed by atoms with Crippen molar-refractivity contribution in [2.24, 2.45) is 0 Å². The summed E-state index contributed by atoms with van der Waals surface area (Å²) in [6.45, 7) is 0.821. The van der Waals surface area contributed by atoms with Gasteiger partial charge in [0.25, 0.3) is 5.91 Å². The van der Waals surface area contributed by atoms with Crippen LogP contribution in [0.15, 0.2) is 35.2 Å². The summed E-state index contributed by atoms with van der Waals surface area (Å²) < 4.78 is 96.2. The fourth-order valence-corrected chi connectivity index (χ4v) is 4.10. The second kappa shape index (κ2) is 9.69. The highest BCUT2D eigenvalue weighted by Crippen LogP contribution is 2.31. The molecule has 0 saturated carbocycles.